The third-order valence-corrected chi connectivity index (χ3v) is 4.52. The Morgan fingerprint density at radius 1 is 1.14 bits per heavy atom. The minimum Gasteiger partial charge on any atom is -0.451 e. The number of carbonyl (C=O) groups is 2. The summed E-state index contributed by atoms with van der Waals surface area (Å²) in [6.07, 6.45) is 2.14. The van der Waals surface area contributed by atoms with Crippen LogP contribution in [-0.2, 0) is 0 Å². The molecule has 2 aromatic carbocycles. The van der Waals surface area contributed by atoms with Gasteiger partial charge in [-0.15, -0.1) is 0 Å². The molecule has 0 radical (unpaired) electrons. The Labute approximate surface area is 159 Å². The molecule has 0 aliphatic carbocycles. The number of aromatic nitrogens is 1. The fourth-order valence-corrected chi connectivity index (χ4v) is 3.19. The number of furan rings is 1. The molecule has 7 heteroatoms. The maximum absolute atomic E-state index is 12.9. The summed E-state index contributed by atoms with van der Waals surface area (Å²) in [7, 11) is 0. The molecule has 4 rings (SSSR count). The summed E-state index contributed by atoms with van der Waals surface area (Å²) in [4.78, 5) is 35.1. The molecule has 4 aromatic rings. The van der Waals surface area contributed by atoms with Crippen LogP contribution in [0.3, 0.4) is 0 Å². The first-order valence-corrected chi connectivity index (χ1v) is 8.45. The van der Waals surface area contributed by atoms with Crippen molar-refractivity contribution in [3.8, 4) is 11.3 Å². The molecular weight excluding hydrogens is 360 g/mol. The summed E-state index contributed by atoms with van der Waals surface area (Å²) >= 11 is 0. The molecule has 0 bridgehead atoms. The number of benzene rings is 2. The molecule has 0 atom stereocenters. The lowest BCUT2D eigenvalue weighted by atomic mass is 10.1. The van der Waals surface area contributed by atoms with E-state index in [1.165, 1.54) is 29.0 Å². The van der Waals surface area contributed by atoms with Crippen molar-refractivity contribution in [2.45, 2.75) is 6.92 Å². The van der Waals surface area contributed by atoms with E-state index in [9.17, 15) is 19.7 Å². The van der Waals surface area contributed by atoms with Gasteiger partial charge in [-0.05, 0) is 36.8 Å². The van der Waals surface area contributed by atoms with Crippen molar-refractivity contribution in [3.05, 3.63) is 87.8 Å². The van der Waals surface area contributed by atoms with Gasteiger partial charge in [-0.2, -0.15) is 0 Å². The molecule has 2 heterocycles. The predicted octanol–water partition coefficient (Wildman–Crippen LogP) is 4.62. The van der Waals surface area contributed by atoms with E-state index < -0.39 is 10.8 Å². The van der Waals surface area contributed by atoms with Gasteiger partial charge in [-0.25, -0.2) is 0 Å². The highest BCUT2D eigenvalue weighted by atomic mass is 16.6. The van der Waals surface area contributed by atoms with E-state index >= 15 is 0 Å². The van der Waals surface area contributed by atoms with E-state index in [-0.39, 0.29) is 17.2 Å². The second-order valence-corrected chi connectivity index (χ2v) is 6.34. The number of rotatable bonds is 4. The van der Waals surface area contributed by atoms with Crippen LogP contribution in [0.25, 0.3) is 22.2 Å². The molecule has 0 amide bonds. The van der Waals surface area contributed by atoms with Gasteiger partial charge in [0.15, 0.2) is 12.0 Å². The van der Waals surface area contributed by atoms with Gasteiger partial charge in [0.05, 0.1) is 16.0 Å². The van der Waals surface area contributed by atoms with Crippen molar-refractivity contribution in [1.82, 2.24) is 4.57 Å². The van der Waals surface area contributed by atoms with Gasteiger partial charge in [0, 0.05) is 23.2 Å². The number of para-hydroxylation sites is 1. The van der Waals surface area contributed by atoms with Crippen LogP contribution in [0.2, 0.25) is 0 Å². The Morgan fingerprint density at radius 3 is 2.68 bits per heavy atom. The number of hydrogen-bond donors (Lipinski definition) is 0. The summed E-state index contributed by atoms with van der Waals surface area (Å²) in [5.74, 6) is -0.226. The molecule has 0 saturated carbocycles. The van der Waals surface area contributed by atoms with E-state index in [4.69, 9.17) is 4.42 Å². The van der Waals surface area contributed by atoms with Crippen LogP contribution in [0.5, 0.6) is 0 Å². The van der Waals surface area contributed by atoms with Crippen molar-refractivity contribution in [3.63, 3.8) is 0 Å². The van der Waals surface area contributed by atoms with E-state index in [0.29, 0.717) is 28.3 Å². The van der Waals surface area contributed by atoms with Crippen LogP contribution in [-0.4, -0.2) is 21.7 Å². The number of fused-ring (bicyclic) bond motifs is 1. The minimum atomic E-state index is -0.484. The third kappa shape index (κ3) is 2.79. The second kappa shape index (κ2) is 6.62. The van der Waals surface area contributed by atoms with Crippen molar-refractivity contribution in [2.75, 3.05) is 0 Å². The summed E-state index contributed by atoms with van der Waals surface area (Å²) in [5.41, 5.74) is 1.92. The van der Waals surface area contributed by atoms with Gasteiger partial charge in [0.1, 0.15) is 5.76 Å². The van der Waals surface area contributed by atoms with Gasteiger partial charge in [0.2, 0.25) is 0 Å². The largest absolute Gasteiger partial charge is 0.451 e. The van der Waals surface area contributed by atoms with Crippen LogP contribution in [0, 0.1) is 17.0 Å². The first-order chi connectivity index (χ1) is 13.5. The molecule has 138 valence electrons. The SMILES string of the molecule is Cc1ccc(-c2ccc(C(=O)n3cc(C=O)c4ccccc43)o2)c([N+](=O)[O-])c1. The minimum absolute atomic E-state index is 0.0167. The fraction of sp³-hybridized carbons (Fsp3) is 0.0476. The Balaban J connectivity index is 1.78. The van der Waals surface area contributed by atoms with E-state index in [2.05, 4.69) is 0 Å². The number of nitro benzene ring substituents is 1. The monoisotopic (exact) mass is 374 g/mol. The van der Waals surface area contributed by atoms with Gasteiger partial charge < -0.3 is 4.42 Å². The summed E-state index contributed by atoms with van der Waals surface area (Å²) in [5, 5.41) is 12.0. The van der Waals surface area contributed by atoms with Gasteiger partial charge in [0.25, 0.3) is 11.6 Å². The van der Waals surface area contributed by atoms with Crippen LogP contribution < -0.4 is 0 Å². The predicted molar refractivity (Wildman–Crippen MR) is 103 cm³/mol. The average molecular weight is 374 g/mol. The number of carbonyl (C=O) groups excluding carboxylic acids is 2. The van der Waals surface area contributed by atoms with Gasteiger partial charge >= 0.3 is 0 Å². The molecule has 0 fully saturated rings. The van der Waals surface area contributed by atoms with E-state index in [1.807, 2.05) is 0 Å². The van der Waals surface area contributed by atoms with Crippen LogP contribution in [0.15, 0.2) is 65.2 Å². The van der Waals surface area contributed by atoms with Gasteiger partial charge in [-0.3, -0.25) is 24.3 Å². The number of aryl methyl sites for hydroxylation is 1. The number of aldehydes is 1. The lowest BCUT2D eigenvalue weighted by molar-refractivity contribution is -0.384. The molecule has 0 N–H and O–H groups in total. The van der Waals surface area contributed by atoms with E-state index in [0.717, 1.165) is 5.56 Å². The molecule has 0 saturated heterocycles. The zero-order valence-corrected chi connectivity index (χ0v) is 14.8. The average Bonchev–Trinajstić information content (AvgIpc) is 3.32. The fourth-order valence-electron chi connectivity index (χ4n) is 3.19. The lowest BCUT2D eigenvalue weighted by Crippen LogP contribution is -2.09. The molecule has 28 heavy (non-hydrogen) atoms. The highest BCUT2D eigenvalue weighted by Gasteiger charge is 2.22. The molecular formula is C21H14N2O5. The first kappa shape index (κ1) is 17.4. The highest BCUT2D eigenvalue weighted by Crippen LogP contribution is 2.32. The summed E-state index contributed by atoms with van der Waals surface area (Å²) in [6.45, 7) is 1.76. The Bertz CT molecular complexity index is 1250. The first-order valence-electron chi connectivity index (χ1n) is 8.45. The van der Waals surface area contributed by atoms with Crippen molar-refractivity contribution >= 4 is 28.8 Å². The topological polar surface area (TPSA) is 95.3 Å². The summed E-state index contributed by atoms with van der Waals surface area (Å²) in [6, 6.07) is 14.8. The number of hydrogen-bond acceptors (Lipinski definition) is 5. The molecule has 2 aromatic heterocycles. The lowest BCUT2D eigenvalue weighted by Gasteiger charge is -2.03. The molecule has 0 aliphatic heterocycles. The molecule has 0 unspecified atom stereocenters. The Morgan fingerprint density at radius 2 is 1.93 bits per heavy atom. The van der Waals surface area contributed by atoms with Gasteiger partial charge in [-0.1, -0.05) is 24.3 Å². The maximum atomic E-state index is 12.9. The van der Waals surface area contributed by atoms with E-state index in [1.54, 1.807) is 43.3 Å². The quantitative estimate of drug-likeness (QED) is 0.295. The highest BCUT2D eigenvalue weighted by molar-refractivity contribution is 6.06. The van der Waals surface area contributed by atoms with Crippen LogP contribution in [0.1, 0.15) is 26.5 Å². The van der Waals surface area contributed by atoms with Crippen molar-refractivity contribution in [1.29, 1.82) is 0 Å². The number of nitro groups is 1. The van der Waals surface area contributed by atoms with Crippen LogP contribution >= 0.6 is 0 Å². The van der Waals surface area contributed by atoms with Crippen molar-refractivity contribution in [2.24, 2.45) is 0 Å². The Kier molecular flexibility index (Phi) is 4.12. The van der Waals surface area contributed by atoms with Crippen molar-refractivity contribution < 1.29 is 18.9 Å². The number of nitrogens with zero attached hydrogens (tertiary/aromatic N) is 2. The second-order valence-electron chi connectivity index (χ2n) is 6.34. The van der Waals surface area contributed by atoms with Crippen LogP contribution in [0.4, 0.5) is 5.69 Å². The molecule has 0 aliphatic rings. The normalized spacial score (nSPS) is 10.9. The third-order valence-electron chi connectivity index (χ3n) is 4.52. The molecule has 0 spiro atoms. The molecule has 7 nitrogen and oxygen atoms in total. The zero-order valence-electron chi connectivity index (χ0n) is 14.8. The summed E-state index contributed by atoms with van der Waals surface area (Å²) < 4.78 is 6.98. The smallest absolute Gasteiger partial charge is 0.298 e. The maximum Gasteiger partial charge on any atom is 0.298 e. The zero-order chi connectivity index (χ0) is 19.8. The Hall–Kier alpha value is -4.00. The standard InChI is InChI=1S/C21H14N2O5/c1-13-6-7-16(18(10-13)23(26)27)19-8-9-20(28-19)21(25)22-11-14(12-24)15-4-2-3-5-17(15)22/h2-12H,1H3.